The van der Waals surface area contributed by atoms with Gasteiger partial charge in [0.15, 0.2) is 5.60 Å². The number of aliphatic hydroxyl groups is 1. The van der Waals surface area contributed by atoms with Crippen molar-refractivity contribution in [2.45, 2.75) is 18.4 Å². The van der Waals surface area contributed by atoms with E-state index in [-0.39, 0.29) is 52.8 Å². The largest absolute Gasteiger partial charge is 1.00 e. The first-order valence-electron chi connectivity index (χ1n) is 4.28. The monoisotopic (exact) mass is 322 g/mol. The number of rotatable bonds is 5. The molecule has 0 aromatic rings. The van der Waals surface area contributed by atoms with E-state index in [9.17, 15) is 14.4 Å². The summed E-state index contributed by atoms with van der Waals surface area (Å²) in [6.07, 6.45) is -2.29. The summed E-state index contributed by atoms with van der Waals surface area (Å²) >= 11 is 0. The fraction of sp³-hybridized carbons (Fsp3) is 0.375. The topological polar surface area (TPSA) is 207 Å². The van der Waals surface area contributed by atoms with E-state index in [1.807, 2.05) is 0 Å². The molecular weight excluding hydrogens is 311 g/mol. The van der Waals surface area contributed by atoms with Gasteiger partial charge in [-0.15, -0.1) is 0 Å². The first kappa shape index (κ1) is 24.0. The Morgan fingerprint density at radius 1 is 0.750 bits per heavy atom. The smallest absolute Gasteiger partial charge is 1.00 e. The van der Waals surface area contributed by atoms with Crippen LogP contribution in [-0.2, 0) is 24.0 Å². The van der Waals surface area contributed by atoms with Crippen molar-refractivity contribution in [1.29, 1.82) is 0 Å². The molecule has 0 aliphatic rings. The molecule has 20 heavy (non-hydrogen) atoms. The van der Waals surface area contributed by atoms with Gasteiger partial charge in [0.25, 0.3) is 0 Å². The molecule has 0 aromatic heterocycles. The molecule has 0 radical (unpaired) electrons. The number of carboxylic acids is 5. The van der Waals surface area contributed by atoms with Crippen LogP contribution in [0.4, 0.5) is 0 Å². The first-order valence-corrected chi connectivity index (χ1v) is 4.28. The molecule has 0 aliphatic heterocycles. The predicted octanol–water partition coefficient (Wildman–Crippen LogP) is -4.98. The van der Waals surface area contributed by atoms with E-state index in [0.29, 0.717) is 0 Å². The quantitative estimate of drug-likeness (QED) is 0.208. The van der Waals surface area contributed by atoms with Gasteiger partial charge in [0.1, 0.15) is 0 Å². The van der Waals surface area contributed by atoms with Crippen molar-refractivity contribution in [2.24, 2.45) is 0 Å². The van der Waals surface area contributed by atoms with Crippen LogP contribution >= 0.6 is 0 Å². The second-order valence-electron chi connectivity index (χ2n) is 3.09. The van der Waals surface area contributed by atoms with Gasteiger partial charge >= 0.3 is 81.2 Å². The molecule has 0 rings (SSSR count). The van der Waals surface area contributed by atoms with Crippen molar-refractivity contribution < 1.29 is 107 Å². The molecule has 11 nitrogen and oxygen atoms in total. The van der Waals surface area contributed by atoms with Crippen molar-refractivity contribution in [1.82, 2.24) is 0 Å². The minimum atomic E-state index is -2.74. The van der Waals surface area contributed by atoms with Gasteiger partial charge in [0.05, 0.1) is 12.8 Å². The van der Waals surface area contributed by atoms with Crippen LogP contribution in [0.3, 0.4) is 0 Å². The van der Waals surface area contributed by atoms with Crippen molar-refractivity contribution in [3.63, 3.8) is 0 Å². The maximum atomic E-state index is 10.3. The fourth-order valence-electron chi connectivity index (χ4n) is 0.714. The van der Waals surface area contributed by atoms with Crippen LogP contribution < -0.4 is 51.4 Å². The average molecular weight is 322 g/mol. The Balaban J connectivity index is -0.000000156. The van der Waals surface area contributed by atoms with E-state index in [4.69, 9.17) is 40.2 Å². The van der Waals surface area contributed by atoms with Crippen molar-refractivity contribution in [3.8, 4) is 0 Å². The number of hydrogen-bond donors (Lipinski definition) is 6. The van der Waals surface area contributed by atoms with E-state index in [1.54, 1.807) is 0 Å². The molecule has 110 valence electrons. The van der Waals surface area contributed by atoms with Crippen LogP contribution in [0.1, 0.15) is 14.3 Å². The zero-order chi connectivity index (χ0) is 15.8. The number of carbonyl (C=O) groups is 5. The summed E-state index contributed by atoms with van der Waals surface area (Å²) in [6, 6.07) is 0. The summed E-state index contributed by atoms with van der Waals surface area (Å²) in [6.45, 7) is 0. The predicted molar refractivity (Wildman–Crippen MR) is 53.5 cm³/mol. The van der Waals surface area contributed by atoms with Gasteiger partial charge in [-0.25, -0.2) is 14.4 Å². The van der Waals surface area contributed by atoms with Crippen LogP contribution in [-0.4, -0.2) is 66.1 Å². The van der Waals surface area contributed by atoms with E-state index in [1.165, 1.54) is 0 Å². The Hall–Kier alpha value is -1.05. The van der Waals surface area contributed by atoms with Crippen molar-refractivity contribution in [3.05, 3.63) is 0 Å². The van der Waals surface area contributed by atoms with Gasteiger partial charge in [-0.1, -0.05) is 0 Å². The minimum Gasteiger partial charge on any atom is -1.00 e. The second kappa shape index (κ2) is 10.7. The summed E-state index contributed by atoms with van der Waals surface area (Å²) in [4.78, 5) is 48.7. The molecule has 0 amide bonds. The molecule has 0 unspecified atom stereocenters. The third-order valence-electron chi connectivity index (χ3n) is 1.47. The van der Waals surface area contributed by atoms with Gasteiger partial charge < -0.3 is 32.1 Å². The molecule has 6 N–H and O–H groups in total. The van der Waals surface area contributed by atoms with Gasteiger partial charge in [-0.3, -0.25) is 9.59 Å². The normalized spacial score (nSPS) is 9.25. The summed E-state index contributed by atoms with van der Waals surface area (Å²) in [5, 5.41) is 48.6. The van der Waals surface area contributed by atoms with Crippen LogP contribution in [0.2, 0.25) is 0 Å². The zero-order valence-corrected chi connectivity index (χ0v) is 13.3. The molecule has 0 saturated carbocycles. The van der Waals surface area contributed by atoms with Crippen LogP contribution in [0, 0.1) is 0 Å². The Bertz CT molecular complexity index is 379. The standard InChI is InChI=1S/C6H8O7.C2H2O4.K.H/c7-3(8)1-6(13,5(11)12)2-4(9)10;3-1(4)2(5)6;;/h13H,1-2H2,(H,7,8)(H,9,10)(H,11,12);(H,3,4)(H,5,6);;/q;;+1;-1. The Morgan fingerprint density at radius 3 is 1.10 bits per heavy atom. The molecule has 0 saturated heterocycles. The Morgan fingerprint density at radius 2 is 1.00 bits per heavy atom. The first-order chi connectivity index (χ1) is 8.42. The van der Waals surface area contributed by atoms with Crippen LogP contribution in [0.25, 0.3) is 0 Å². The third-order valence-corrected chi connectivity index (χ3v) is 1.47. The molecule has 0 spiro atoms. The van der Waals surface area contributed by atoms with E-state index >= 15 is 0 Å². The Labute approximate surface area is 154 Å². The molecule has 0 fully saturated rings. The maximum absolute atomic E-state index is 10.3. The summed E-state index contributed by atoms with van der Waals surface area (Å²) < 4.78 is 0. The van der Waals surface area contributed by atoms with Crippen LogP contribution in [0.5, 0.6) is 0 Å². The molecule has 0 atom stereocenters. The van der Waals surface area contributed by atoms with Crippen LogP contribution in [0.15, 0.2) is 0 Å². The number of carboxylic acid groups (broad SMARTS) is 5. The maximum Gasteiger partial charge on any atom is 1.00 e. The number of aliphatic carboxylic acids is 5. The zero-order valence-electron chi connectivity index (χ0n) is 11.1. The molecule has 0 bridgehead atoms. The third kappa shape index (κ3) is 12.0. The summed E-state index contributed by atoms with van der Waals surface area (Å²) in [5.74, 6) is -8.67. The average Bonchev–Trinajstić information content (AvgIpc) is 2.14. The molecule has 0 aliphatic carbocycles. The van der Waals surface area contributed by atoms with Crippen molar-refractivity contribution >= 4 is 29.8 Å². The molecular formula is C8H11KO11. The molecule has 12 heteroatoms. The molecule has 0 aromatic carbocycles. The summed E-state index contributed by atoms with van der Waals surface area (Å²) in [5.41, 5.74) is -2.74. The van der Waals surface area contributed by atoms with Gasteiger partial charge in [-0.2, -0.15) is 0 Å². The van der Waals surface area contributed by atoms with Gasteiger partial charge in [0.2, 0.25) is 0 Å². The van der Waals surface area contributed by atoms with E-state index < -0.39 is 48.3 Å². The van der Waals surface area contributed by atoms with Gasteiger partial charge in [-0.05, 0) is 0 Å². The fourth-order valence-corrected chi connectivity index (χ4v) is 0.714. The van der Waals surface area contributed by atoms with E-state index in [0.717, 1.165) is 0 Å². The second-order valence-corrected chi connectivity index (χ2v) is 3.09. The SMILES string of the molecule is O=C(O)C(=O)O.O=C(O)CC(O)(CC(=O)O)C(=O)O.[H-].[K+]. The number of hydrogen-bond acceptors (Lipinski definition) is 6. The van der Waals surface area contributed by atoms with E-state index in [2.05, 4.69) is 0 Å². The van der Waals surface area contributed by atoms with Crippen molar-refractivity contribution in [2.75, 3.05) is 0 Å². The Kier molecular flexibility index (Phi) is 12.8. The molecule has 0 heterocycles. The summed E-state index contributed by atoms with van der Waals surface area (Å²) in [7, 11) is 0. The minimum absolute atomic E-state index is 0. The van der Waals surface area contributed by atoms with Gasteiger partial charge in [0, 0.05) is 0 Å².